The van der Waals surface area contributed by atoms with E-state index in [4.69, 9.17) is 5.84 Å². The number of benzene rings is 1. The van der Waals surface area contributed by atoms with Crippen LogP contribution in [-0.4, -0.2) is 6.04 Å². The summed E-state index contributed by atoms with van der Waals surface area (Å²) in [5.41, 5.74) is 4.12. The predicted octanol–water partition coefficient (Wildman–Crippen LogP) is 3.42. The third-order valence-electron chi connectivity index (χ3n) is 4.56. The Kier molecular flexibility index (Phi) is 4.58. The van der Waals surface area contributed by atoms with Crippen LogP contribution in [0, 0.1) is 17.2 Å². The van der Waals surface area contributed by atoms with Gasteiger partial charge in [-0.25, -0.2) is 4.39 Å². The second-order valence-corrected chi connectivity index (χ2v) is 6.57. The largest absolute Gasteiger partial charge is 0.271 e. The van der Waals surface area contributed by atoms with Gasteiger partial charge < -0.3 is 0 Å². The molecule has 2 rings (SSSR count). The number of hydrazine groups is 1. The van der Waals surface area contributed by atoms with E-state index in [-0.39, 0.29) is 11.9 Å². The van der Waals surface area contributed by atoms with Crippen molar-refractivity contribution in [1.29, 1.82) is 0 Å². The van der Waals surface area contributed by atoms with Crippen LogP contribution in [0.1, 0.15) is 45.1 Å². The zero-order valence-electron chi connectivity index (χ0n) is 12.0. The fourth-order valence-corrected chi connectivity index (χ4v) is 3.09. The van der Waals surface area contributed by atoms with Gasteiger partial charge in [-0.3, -0.25) is 11.3 Å². The third-order valence-corrected chi connectivity index (χ3v) is 4.56. The van der Waals surface area contributed by atoms with E-state index in [9.17, 15) is 4.39 Å². The lowest BCUT2D eigenvalue weighted by Gasteiger charge is -2.37. The molecule has 1 aromatic carbocycles. The maximum Gasteiger partial charge on any atom is 0.126 e. The van der Waals surface area contributed by atoms with E-state index in [1.54, 1.807) is 6.07 Å². The van der Waals surface area contributed by atoms with Crippen LogP contribution in [0.4, 0.5) is 4.39 Å². The monoisotopic (exact) mass is 264 g/mol. The van der Waals surface area contributed by atoms with E-state index in [2.05, 4.69) is 19.3 Å². The Hall–Kier alpha value is -0.930. The lowest BCUT2D eigenvalue weighted by atomic mass is 9.70. The van der Waals surface area contributed by atoms with Gasteiger partial charge in [0, 0.05) is 6.04 Å². The van der Waals surface area contributed by atoms with Gasteiger partial charge in [0.2, 0.25) is 0 Å². The van der Waals surface area contributed by atoms with Crippen LogP contribution in [0.5, 0.6) is 0 Å². The summed E-state index contributed by atoms with van der Waals surface area (Å²) in [6, 6.07) is 7.16. The summed E-state index contributed by atoms with van der Waals surface area (Å²) in [7, 11) is 0. The molecule has 3 N–H and O–H groups in total. The molecule has 1 aromatic rings. The van der Waals surface area contributed by atoms with Crippen molar-refractivity contribution in [3.05, 3.63) is 35.6 Å². The standard InChI is InChI=1S/C16H25FN2/c1-16(2)9-7-12(8-10-16)15(19-18)11-13-5-3-4-6-14(13)17/h3-6,12,15,19H,7-11,18H2,1-2H3. The Balaban J connectivity index is 1.99. The molecule has 1 atom stereocenters. The van der Waals surface area contributed by atoms with Crippen molar-refractivity contribution in [3.8, 4) is 0 Å². The lowest BCUT2D eigenvalue weighted by Crippen LogP contribution is -2.44. The smallest absolute Gasteiger partial charge is 0.126 e. The first-order valence-electron chi connectivity index (χ1n) is 7.21. The van der Waals surface area contributed by atoms with Gasteiger partial charge in [-0.15, -0.1) is 0 Å². The molecule has 0 amide bonds. The van der Waals surface area contributed by atoms with Crippen molar-refractivity contribution >= 4 is 0 Å². The van der Waals surface area contributed by atoms with E-state index >= 15 is 0 Å². The molecule has 19 heavy (non-hydrogen) atoms. The summed E-state index contributed by atoms with van der Waals surface area (Å²) < 4.78 is 13.7. The van der Waals surface area contributed by atoms with Gasteiger partial charge in [-0.1, -0.05) is 32.0 Å². The average Bonchev–Trinajstić information content (AvgIpc) is 2.38. The van der Waals surface area contributed by atoms with Gasteiger partial charge >= 0.3 is 0 Å². The zero-order chi connectivity index (χ0) is 13.9. The van der Waals surface area contributed by atoms with Crippen LogP contribution in [0.25, 0.3) is 0 Å². The van der Waals surface area contributed by atoms with Crippen molar-refractivity contribution in [2.24, 2.45) is 17.2 Å². The fourth-order valence-electron chi connectivity index (χ4n) is 3.09. The molecule has 2 nitrogen and oxygen atoms in total. The summed E-state index contributed by atoms with van der Waals surface area (Å²) >= 11 is 0. The first-order valence-corrected chi connectivity index (χ1v) is 7.21. The van der Waals surface area contributed by atoms with Crippen molar-refractivity contribution < 1.29 is 4.39 Å². The van der Waals surface area contributed by atoms with E-state index in [0.29, 0.717) is 17.8 Å². The van der Waals surface area contributed by atoms with Crippen LogP contribution >= 0.6 is 0 Å². The van der Waals surface area contributed by atoms with E-state index in [0.717, 1.165) is 5.56 Å². The normalized spacial score (nSPS) is 21.3. The van der Waals surface area contributed by atoms with Crippen molar-refractivity contribution in [2.75, 3.05) is 0 Å². The summed E-state index contributed by atoms with van der Waals surface area (Å²) in [5, 5.41) is 0. The molecular weight excluding hydrogens is 239 g/mol. The molecule has 0 bridgehead atoms. The number of rotatable bonds is 4. The first kappa shape index (κ1) is 14.5. The fraction of sp³-hybridized carbons (Fsp3) is 0.625. The third kappa shape index (κ3) is 3.77. The first-order chi connectivity index (χ1) is 9.02. The second-order valence-electron chi connectivity index (χ2n) is 6.57. The molecule has 106 valence electrons. The molecule has 1 aliphatic rings. The van der Waals surface area contributed by atoms with Crippen LogP contribution in [0.15, 0.2) is 24.3 Å². The molecule has 0 aliphatic heterocycles. The quantitative estimate of drug-likeness (QED) is 0.646. The molecule has 1 aliphatic carbocycles. The molecule has 0 saturated heterocycles. The van der Waals surface area contributed by atoms with Gasteiger partial charge in [0.1, 0.15) is 5.82 Å². The summed E-state index contributed by atoms with van der Waals surface area (Å²) in [6.45, 7) is 4.65. The molecule has 1 fully saturated rings. The van der Waals surface area contributed by atoms with Gasteiger partial charge in [-0.05, 0) is 55.1 Å². The second kappa shape index (κ2) is 6.02. The van der Waals surface area contributed by atoms with Crippen LogP contribution in [-0.2, 0) is 6.42 Å². The minimum atomic E-state index is -0.126. The van der Waals surface area contributed by atoms with Crippen molar-refractivity contribution in [3.63, 3.8) is 0 Å². The minimum absolute atomic E-state index is 0.126. The maximum atomic E-state index is 13.7. The van der Waals surface area contributed by atoms with Gasteiger partial charge in [-0.2, -0.15) is 0 Å². The van der Waals surface area contributed by atoms with Crippen LogP contribution < -0.4 is 11.3 Å². The SMILES string of the molecule is CC1(C)CCC(C(Cc2ccccc2F)NN)CC1. The lowest BCUT2D eigenvalue weighted by molar-refractivity contribution is 0.160. The Morgan fingerprint density at radius 3 is 2.53 bits per heavy atom. The van der Waals surface area contributed by atoms with E-state index in [1.165, 1.54) is 31.7 Å². The number of halogens is 1. The van der Waals surface area contributed by atoms with Gasteiger partial charge in [0.25, 0.3) is 0 Å². The average molecular weight is 264 g/mol. The van der Waals surface area contributed by atoms with Crippen LogP contribution in [0.2, 0.25) is 0 Å². The topological polar surface area (TPSA) is 38.0 Å². The molecule has 1 saturated carbocycles. The maximum absolute atomic E-state index is 13.7. The number of hydrogen-bond acceptors (Lipinski definition) is 2. The summed E-state index contributed by atoms with van der Waals surface area (Å²) in [5.74, 6) is 6.12. The van der Waals surface area contributed by atoms with Crippen molar-refractivity contribution in [2.45, 2.75) is 52.0 Å². The molecule has 0 aromatic heterocycles. The Morgan fingerprint density at radius 1 is 1.32 bits per heavy atom. The van der Waals surface area contributed by atoms with Gasteiger partial charge in [0.05, 0.1) is 0 Å². The van der Waals surface area contributed by atoms with Crippen LogP contribution in [0.3, 0.4) is 0 Å². The minimum Gasteiger partial charge on any atom is -0.271 e. The number of nitrogens with two attached hydrogens (primary N) is 1. The van der Waals surface area contributed by atoms with E-state index in [1.807, 2.05) is 12.1 Å². The number of hydrogen-bond donors (Lipinski definition) is 2. The molecule has 0 spiro atoms. The molecule has 3 heteroatoms. The molecule has 1 unspecified atom stereocenters. The number of nitrogens with one attached hydrogen (secondary N) is 1. The highest BCUT2D eigenvalue weighted by molar-refractivity contribution is 5.18. The van der Waals surface area contributed by atoms with Gasteiger partial charge in [0.15, 0.2) is 0 Å². The zero-order valence-corrected chi connectivity index (χ0v) is 12.0. The predicted molar refractivity (Wildman–Crippen MR) is 77.0 cm³/mol. The Morgan fingerprint density at radius 2 is 1.95 bits per heavy atom. The molecule has 0 heterocycles. The molecular formula is C16H25FN2. The highest BCUT2D eigenvalue weighted by atomic mass is 19.1. The summed E-state index contributed by atoms with van der Waals surface area (Å²) in [6.07, 6.45) is 5.49. The Labute approximate surface area is 115 Å². The highest BCUT2D eigenvalue weighted by Crippen LogP contribution is 2.39. The van der Waals surface area contributed by atoms with Crippen molar-refractivity contribution in [1.82, 2.24) is 5.43 Å². The highest BCUT2D eigenvalue weighted by Gasteiger charge is 2.31. The molecule has 0 radical (unpaired) electrons. The summed E-state index contributed by atoms with van der Waals surface area (Å²) in [4.78, 5) is 0. The van der Waals surface area contributed by atoms with E-state index < -0.39 is 0 Å². The Bertz CT molecular complexity index is 407.